The maximum Gasteiger partial charge on any atom is 0.270 e. The lowest BCUT2D eigenvalue weighted by Crippen LogP contribution is -2.54. The Morgan fingerprint density at radius 1 is 0.935 bits per heavy atom. The van der Waals surface area contributed by atoms with Gasteiger partial charge >= 0.3 is 0 Å². The highest BCUT2D eigenvalue weighted by molar-refractivity contribution is 7.80. The summed E-state index contributed by atoms with van der Waals surface area (Å²) >= 11 is 5.23. The monoisotopic (exact) mass is 428 g/mol. The van der Waals surface area contributed by atoms with Gasteiger partial charge in [-0.25, -0.2) is 0 Å². The molecule has 31 heavy (non-hydrogen) atoms. The van der Waals surface area contributed by atoms with Crippen LogP contribution in [-0.2, 0) is 16.2 Å². The molecular weight excluding hydrogens is 408 g/mol. The summed E-state index contributed by atoms with van der Waals surface area (Å²) in [5.74, 6) is -0.431. The van der Waals surface area contributed by atoms with Gasteiger partial charge in [-0.2, -0.15) is 0 Å². The van der Waals surface area contributed by atoms with E-state index in [9.17, 15) is 9.59 Å². The van der Waals surface area contributed by atoms with E-state index in [1.165, 1.54) is 10.5 Å². The number of rotatable bonds is 5. The van der Waals surface area contributed by atoms with E-state index in [4.69, 9.17) is 17.0 Å². The van der Waals surface area contributed by atoms with E-state index in [1.807, 2.05) is 55.5 Å². The molecule has 3 aromatic rings. The number of benzene rings is 3. The number of nitrogens with zero attached hydrogens (tertiary/aromatic N) is 1. The molecule has 0 atom stereocenters. The zero-order valence-electron chi connectivity index (χ0n) is 16.9. The zero-order valence-corrected chi connectivity index (χ0v) is 17.7. The van der Waals surface area contributed by atoms with Crippen molar-refractivity contribution < 1.29 is 14.3 Å². The second-order valence-electron chi connectivity index (χ2n) is 7.11. The molecule has 0 radical (unpaired) electrons. The molecule has 0 aliphatic carbocycles. The summed E-state index contributed by atoms with van der Waals surface area (Å²) in [7, 11) is 0. The van der Waals surface area contributed by atoms with Crippen molar-refractivity contribution in [2.45, 2.75) is 13.5 Å². The van der Waals surface area contributed by atoms with Crippen molar-refractivity contribution in [2.75, 3.05) is 4.90 Å². The van der Waals surface area contributed by atoms with Gasteiger partial charge in [-0.1, -0.05) is 66.2 Å². The predicted molar refractivity (Wildman–Crippen MR) is 125 cm³/mol. The maximum atomic E-state index is 13.1. The van der Waals surface area contributed by atoms with Gasteiger partial charge in [0.2, 0.25) is 0 Å². The number of aryl methyl sites for hydroxylation is 1. The molecule has 1 N–H and O–H groups in total. The third-order valence-electron chi connectivity index (χ3n) is 4.85. The van der Waals surface area contributed by atoms with E-state index in [0.717, 1.165) is 5.56 Å². The summed E-state index contributed by atoms with van der Waals surface area (Å²) in [6, 6.07) is 24.3. The maximum absolute atomic E-state index is 13.1. The summed E-state index contributed by atoms with van der Waals surface area (Å²) in [5, 5.41) is 2.66. The first kappa shape index (κ1) is 20.5. The molecule has 1 heterocycles. The van der Waals surface area contributed by atoms with Gasteiger partial charge in [0.1, 0.15) is 17.9 Å². The van der Waals surface area contributed by atoms with Gasteiger partial charge in [-0.15, -0.1) is 0 Å². The van der Waals surface area contributed by atoms with E-state index in [0.29, 0.717) is 23.6 Å². The first-order valence-electron chi connectivity index (χ1n) is 9.77. The molecule has 0 saturated carbocycles. The predicted octanol–water partition coefficient (Wildman–Crippen LogP) is 4.41. The lowest BCUT2D eigenvalue weighted by atomic mass is 10.1. The number of carbonyl (C=O) groups is 2. The molecule has 1 saturated heterocycles. The summed E-state index contributed by atoms with van der Waals surface area (Å²) in [5.41, 5.74) is 3.42. The van der Waals surface area contributed by atoms with E-state index in [1.54, 1.807) is 36.4 Å². The average molecular weight is 429 g/mol. The number of hydrogen-bond acceptors (Lipinski definition) is 4. The van der Waals surface area contributed by atoms with Gasteiger partial charge in [0.05, 0.1) is 5.69 Å². The number of anilines is 1. The van der Waals surface area contributed by atoms with Crippen LogP contribution in [0, 0.1) is 6.92 Å². The Morgan fingerprint density at radius 3 is 2.35 bits per heavy atom. The number of hydrogen-bond donors (Lipinski definition) is 1. The van der Waals surface area contributed by atoms with Crippen molar-refractivity contribution in [2.24, 2.45) is 0 Å². The van der Waals surface area contributed by atoms with Gasteiger partial charge in [0, 0.05) is 5.56 Å². The molecule has 5 nitrogen and oxygen atoms in total. The Balaban J connectivity index is 1.62. The van der Waals surface area contributed by atoms with Crippen molar-refractivity contribution >= 4 is 40.9 Å². The molecule has 154 valence electrons. The molecule has 1 fully saturated rings. The molecule has 0 bridgehead atoms. The summed E-state index contributed by atoms with van der Waals surface area (Å²) in [4.78, 5) is 27.0. The van der Waals surface area contributed by atoms with Crippen LogP contribution < -0.4 is 15.0 Å². The fraction of sp³-hybridized carbons (Fsp3) is 0.0800. The second kappa shape index (κ2) is 8.93. The van der Waals surface area contributed by atoms with Crippen molar-refractivity contribution in [3.8, 4) is 5.75 Å². The molecule has 2 amide bonds. The smallest absolute Gasteiger partial charge is 0.270 e. The number of carbonyl (C=O) groups excluding carboxylic acids is 2. The van der Waals surface area contributed by atoms with Crippen LogP contribution in [0.4, 0.5) is 5.69 Å². The Morgan fingerprint density at radius 2 is 1.61 bits per heavy atom. The summed E-state index contributed by atoms with van der Waals surface area (Å²) in [6.45, 7) is 2.41. The van der Waals surface area contributed by atoms with E-state index < -0.39 is 11.8 Å². The summed E-state index contributed by atoms with van der Waals surface area (Å²) in [6.07, 6.45) is 1.54. The molecule has 0 unspecified atom stereocenters. The molecule has 4 rings (SSSR count). The molecule has 3 aromatic carbocycles. The van der Waals surface area contributed by atoms with Crippen LogP contribution >= 0.6 is 12.2 Å². The Labute approximate surface area is 186 Å². The number of amides is 2. The molecule has 1 aliphatic rings. The molecule has 1 aliphatic heterocycles. The molecule has 0 spiro atoms. The standard InChI is InChI=1S/C25H20N2O3S/c1-17-11-13-18(14-12-17)16-30-22-10-6-5-7-19(22)15-21-23(28)26-25(31)27(24(21)29)20-8-3-2-4-9-20/h2-15H,16H2,1H3,(H,26,28,31)/b21-15-. The van der Waals surface area contributed by atoms with Crippen LogP contribution in [0.2, 0.25) is 0 Å². The third kappa shape index (κ3) is 4.54. The second-order valence-corrected chi connectivity index (χ2v) is 7.49. The van der Waals surface area contributed by atoms with Gasteiger partial charge in [0.15, 0.2) is 5.11 Å². The highest BCUT2D eigenvalue weighted by Crippen LogP contribution is 2.26. The topological polar surface area (TPSA) is 58.6 Å². The largest absolute Gasteiger partial charge is 0.488 e. The van der Waals surface area contributed by atoms with Crippen molar-refractivity contribution in [1.29, 1.82) is 0 Å². The SMILES string of the molecule is Cc1ccc(COc2ccccc2/C=C2/C(=O)NC(=S)N(c3ccccc3)C2=O)cc1. The van der Waals surface area contributed by atoms with E-state index >= 15 is 0 Å². The number of nitrogens with one attached hydrogen (secondary N) is 1. The third-order valence-corrected chi connectivity index (χ3v) is 5.13. The van der Waals surface area contributed by atoms with Crippen LogP contribution in [0.5, 0.6) is 5.75 Å². The number of para-hydroxylation sites is 2. The minimum absolute atomic E-state index is 0.0103. The minimum Gasteiger partial charge on any atom is -0.488 e. The Kier molecular flexibility index (Phi) is 5.91. The molecule has 6 heteroatoms. The van der Waals surface area contributed by atoms with Crippen LogP contribution in [0.25, 0.3) is 6.08 Å². The first-order valence-corrected chi connectivity index (χ1v) is 10.2. The van der Waals surface area contributed by atoms with Crippen molar-refractivity contribution in [3.63, 3.8) is 0 Å². The van der Waals surface area contributed by atoms with Crippen molar-refractivity contribution in [1.82, 2.24) is 5.32 Å². The first-order chi connectivity index (χ1) is 15.0. The van der Waals surface area contributed by atoms with E-state index in [2.05, 4.69) is 5.32 Å². The number of ether oxygens (including phenoxy) is 1. The van der Waals surface area contributed by atoms with Crippen LogP contribution in [0.1, 0.15) is 16.7 Å². The van der Waals surface area contributed by atoms with Crippen LogP contribution in [-0.4, -0.2) is 16.9 Å². The van der Waals surface area contributed by atoms with Gasteiger partial charge < -0.3 is 4.74 Å². The van der Waals surface area contributed by atoms with E-state index in [-0.39, 0.29) is 10.7 Å². The average Bonchev–Trinajstić information content (AvgIpc) is 2.77. The zero-order chi connectivity index (χ0) is 21.8. The normalized spacial score (nSPS) is 15.2. The van der Waals surface area contributed by atoms with Crippen molar-refractivity contribution in [3.05, 3.63) is 101 Å². The fourth-order valence-electron chi connectivity index (χ4n) is 3.20. The molecular formula is C25H20N2O3S. The Hall–Kier alpha value is -3.77. The fourth-order valence-corrected chi connectivity index (χ4v) is 3.48. The molecule has 0 aromatic heterocycles. The van der Waals surface area contributed by atoms with Crippen LogP contribution in [0.15, 0.2) is 84.4 Å². The quantitative estimate of drug-likeness (QED) is 0.372. The minimum atomic E-state index is -0.532. The van der Waals surface area contributed by atoms with Crippen LogP contribution in [0.3, 0.4) is 0 Å². The number of thiocarbonyl (C=S) groups is 1. The lowest BCUT2D eigenvalue weighted by molar-refractivity contribution is -0.122. The highest BCUT2D eigenvalue weighted by Gasteiger charge is 2.34. The van der Waals surface area contributed by atoms with Gasteiger partial charge in [-0.3, -0.25) is 19.8 Å². The van der Waals surface area contributed by atoms with Gasteiger partial charge in [0.25, 0.3) is 11.8 Å². The van der Waals surface area contributed by atoms with Gasteiger partial charge in [-0.05, 0) is 49.0 Å². The Bertz CT molecular complexity index is 1170. The summed E-state index contributed by atoms with van der Waals surface area (Å²) < 4.78 is 5.98. The lowest BCUT2D eigenvalue weighted by Gasteiger charge is -2.28. The highest BCUT2D eigenvalue weighted by atomic mass is 32.1.